The average molecular weight is 340 g/mol. The molecule has 0 atom stereocenters. The van der Waals surface area contributed by atoms with Crippen molar-refractivity contribution in [3.8, 4) is 0 Å². The first-order chi connectivity index (χ1) is 11.2. The Bertz CT molecular complexity index is 698. The maximum atomic E-state index is 13.0. The van der Waals surface area contributed by atoms with Crippen LogP contribution in [0.4, 0.5) is 23.2 Å². The van der Waals surface area contributed by atoms with Gasteiger partial charge in [-0.15, -0.1) is 0 Å². The lowest BCUT2D eigenvalue weighted by atomic mass is 10.1. The molecule has 0 saturated carbocycles. The van der Waals surface area contributed by atoms with Crippen molar-refractivity contribution in [3.05, 3.63) is 65.5 Å². The minimum absolute atomic E-state index is 0.0253. The Morgan fingerprint density at radius 1 is 1.12 bits per heavy atom. The van der Waals surface area contributed by atoms with Crippen LogP contribution >= 0.6 is 0 Å². The topological polar surface area (TPSA) is 32.3 Å². The lowest BCUT2D eigenvalue weighted by Crippen LogP contribution is -2.29. The molecular formula is C17H16F4N2O. The molecule has 128 valence electrons. The monoisotopic (exact) mass is 340 g/mol. The maximum Gasteiger partial charge on any atom is 0.416 e. The Morgan fingerprint density at radius 2 is 1.79 bits per heavy atom. The summed E-state index contributed by atoms with van der Waals surface area (Å²) in [5.41, 5.74) is 0.296. The number of halogens is 4. The number of amides is 1. The molecule has 7 heteroatoms. The molecule has 2 aromatic rings. The van der Waals surface area contributed by atoms with Crippen molar-refractivity contribution < 1.29 is 22.4 Å². The van der Waals surface area contributed by atoms with E-state index in [1.54, 1.807) is 18.0 Å². The van der Waals surface area contributed by atoms with Crippen LogP contribution < -0.4 is 5.32 Å². The van der Waals surface area contributed by atoms with E-state index in [4.69, 9.17) is 0 Å². The van der Waals surface area contributed by atoms with Crippen molar-refractivity contribution in [2.24, 2.45) is 0 Å². The number of anilines is 1. The molecule has 0 saturated heterocycles. The first kappa shape index (κ1) is 17.9. The zero-order valence-electron chi connectivity index (χ0n) is 12.9. The summed E-state index contributed by atoms with van der Waals surface area (Å²) in [4.78, 5) is 13.5. The van der Waals surface area contributed by atoms with Gasteiger partial charge in [-0.3, -0.25) is 9.69 Å². The molecule has 0 radical (unpaired) electrons. The van der Waals surface area contributed by atoms with E-state index in [9.17, 15) is 22.4 Å². The molecule has 0 aliphatic heterocycles. The fraction of sp³-hybridized carbons (Fsp3) is 0.235. The predicted molar refractivity (Wildman–Crippen MR) is 82.8 cm³/mol. The van der Waals surface area contributed by atoms with Crippen LogP contribution in [-0.4, -0.2) is 24.4 Å². The molecule has 3 nitrogen and oxygen atoms in total. The van der Waals surface area contributed by atoms with Crippen molar-refractivity contribution in [2.45, 2.75) is 12.7 Å². The molecule has 0 bridgehead atoms. The van der Waals surface area contributed by atoms with Gasteiger partial charge in [-0.1, -0.05) is 18.2 Å². The van der Waals surface area contributed by atoms with Gasteiger partial charge in [0.2, 0.25) is 5.91 Å². The Labute approximate surface area is 136 Å². The molecular weight excluding hydrogens is 324 g/mol. The highest BCUT2D eigenvalue weighted by molar-refractivity contribution is 5.92. The van der Waals surface area contributed by atoms with Crippen molar-refractivity contribution in [1.82, 2.24) is 4.90 Å². The van der Waals surface area contributed by atoms with Crippen molar-refractivity contribution in [3.63, 3.8) is 0 Å². The standard InChI is InChI=1S/C17H16F4N2O/c1-23(10-12-5-7-13(8-6-12)17(19,20)21)11-16(24)22-15-4-2-3-14(18)9-15/h2-9H,10-11H2,1H3,(H,22,24). The number of carbonyl (C=O) groups is 1. The summed E-state index contributed by atoms with van der Waals surface area (Å²) in [7, 11) is 1.67. The van der Waals surface area contributed by atoms with Crippen molar-refractivity contribution in [2.75, 3.05) is 18.9 Å². The molecule has 2 aromatic carbocycles. The highest BCUT2D eigenvalue weighted by atomic mass is 19.4. The third kappa shape index (κ3) is 5.34. The lowest BCUT2D eigenvalue weighted by Gasteiger charge is -2.17. The predicted octanol–water partition coefficient (Wildman–Crippen LogP) is 3.92. The third-order valence-corrected chi connectivity index (χ3v) is 3.26. The molecule has 1 amide bonds. The van der Waals surface area contributed by atoms with Crippen LogP contribution in [0.25, 0.3) is 0 Å². The number of nitrogens with one attached hydrogen (secondary N) is 1. The highest BCUT2D eigenvalue weighted by Gasteiger charge is 2.29. The van der Waals surface area contributed by atoms with Gasteiger partial charge in [0.15, 0.2) is 0 Å². The van der Waals surface area contributed by atoms with Crippen LogP contribution in [0, 0.1) is 5.82 Å². The van der Waals surface area contributed by atoms with Crippen molar-refractivity contribution >= 4 is 11.6 Å². The first-order valence-corrected chi connectivity index (χ1v) is 7.14. The Hall–Kier alpha value is -2.41. The molecule has 24 heavy (non-hydrogen) atoms. The summed E-state index contributed by atoms with van der Waals surface area (Å²) in [6.07, 6.45) is -4.37. The van der Waals surface area contributed by atoms with Crippen molar-refractivity contribution in [1.29, 1.82) is 0 Å². The van der Waals surface area contributed by atoms with E-state index in [1.165, 1.54) is 30.3 Å². The van der Waals surface area contributed by atoms with Gasteiger partial charge in [0.25, 0.3) is 0 Å². The second-order valence-corrected chi connectivity index (χ2v) is 5.43. The molecule has 0 spiro atoms. The number of alkyl halides is 3. The van der Waals surface area contributed by atoms with Gasteiger partial charge in [0.05, 0.1) is 12.1 Å². The van der Waals surface area contributed by atoms with Crippen LogP contribution in [-0.2, 0) is 17.5 Å². The van der Waals surface area contributed by atoms with E-state index in [0.717, 1.165) is 12.1 Å². The van der Waals surface area contributed by atoms with Gasteiger partial charge in [-0.05, 0) is 42.9 Å². The van der Waals surface area contributed by atoms with Gasteiger partial charge >= 0.3 is 6.18 Å². The number of hydrogen-bond donors (Lipinski definition) is 1. The minimum Gasteiger partial charge on any atom is -0.325 e. The molecule has 0 aliphatic rings. The summed E-state index contributed by atoms with van der Waals surface area (Å²) in [5.74, 6) is -0.791. The number of hydrogen-bond acceptors (Lipinski definition) is 2. The highest BCUT2D eigenvalue weighted by Crippen LogP contribution is 2.29. The van der Waals surface area contributed by atoms with Crippen LogP contribution in [0.5, 0.6) is 0 Å². The second kappa shape index (κ2) is 7.44. The van der Waals surface area contributed by atoms with E-state index in [1.807, 2.05) is 0 Å². The van der Waals surface area contributed by atoms with Gasteiger partial charge in [0, 0.05) is 12.2 Å². The number of likely N-dealkylation sites (N-methyl/N-ethyl adjacent to an activating group) is 1. The van der Waals surface area contributed by atoms with E-state index in [2.05, 4.69) is 5.32 Å². The number of benzene rings is 2. The Kier molecular flexibility index (Phi) is 5.56. The molecule has 0 aromatic heterocycles. The number of carbonyl (C=O) groups excluding carboxylic acids is 1. The summed E-state index contributed by atoms with van der Waals surface area (Å²) in [6.45, 7) is 0.340. The molecule has 0 aliphatic carbocycles. The van der Waals surface area contributed by atoms with Crippen LogP contribution in [0.2, 0.25) is 0 Å². The molecule has 1 N–H and O–H groups in total. The zero-order chi connectivity index (χ0) is 17.7. The fourth-order valence-corrected chi connectivity index (χ4v) is 2.18. The number of rotatable bonds is 5. The smallest absolute Gasteiger partial charge is 0.325 e. The molecule has 0 heterocycles. The largest absolute Gasteiger partial charge is 0.416 e. The minimum atomic E-state index is -4.37. The molecule has 2 rings (SSSR count). The fourth-order valence-electron chi connectivity index (χ4n) is 2.18. The van der Waals surface area contributed by atoms with Gasteiger partial charge < -0.3 is 5.32 Å². The quantitative estimate of drug-likeness (QED) is 0.837. The van der Waals surface area contributed by atoms with Crippen LogP contribution in [0.1, 0.15) is 11.1 Å². The SMILES string of the molecule is CN(CC(=O)Nc1cccc(F)c1)Cc1ccc(C(F)(F)F)cc1. The second-order valence-electron chi connectivity index (χ2n) is 5.43. The summed E-state index contributed by atoms with van der Waals surface area (Å²) >= 11 is 0. The van der Waals surface area contributed by atoms with Crippen LogP contribution in [0.15, 0.2) is 48.5 Å². The van der Waals surface area contributed by atoms with E-state index >= 15 is 0 Å². The molecule has 0 fully saturated rings. The lowest BCUT2D eigenvalue weighted by molar-refractivity contribution is -0.137. The Balaban J connectivity index is 1.88. The zero-order valence-corrected chi connectivity index (χ0v) is 12.9. The normalized spacial score (nSPS) is 11.6. The first-order valence-electron chi connectivity index (χ1n) is 7.14. The summed E-state index contributed by atoms with van der Waals surface area (Å²) < 4.78 is 50.5. The maximum absolute atomic E-state index is 13.0. The summed E-state index contributed by atoms with van der Waals surface area (Å²) in [6, 6.07) is 10.3. The van der Waals surface area contributed by atoms with E-state index in [0.29, 0.717) is 17.8 Å². The van der Waals surface area contributed by atoms with Gasteiger partial charge in [-0.2, -0.15) is 13.2 Å². The van der Waals surface area contributed by atoms with Gasteiger partial charge in [-0.25, -0.2) is 4.39 Å². The Morgan fingerprint density at radius 3 is 2.38 bits per heavy atom. The molecule has 0 unspecified atom stereocenters. The van der Waals surface area contributed by atoms with E-state index < -0.39 is 17.6 Å². The third-order valence-electron chi connectivity index (χ3n) is 3.26. The number of nitrogens with zero attached hydrogens (tertiary/aromatic N) is 1. The van der Waals surface area contributed by atoms with Gasteiger partial charge in [0.1, 0.15) is 5.82 Å². The van der Waals surface area contributed by atoms with Crippen LogP contribution in [0.3, 0.4) is 0 Å². The summed E-state index contributed by atoms with van der Waals surface area (Å²) in [5, 5.41) is 2.56. The van der Waals surface area contributed by atoms with E-state index in [-0.39, 0.29) is 12.5 Å². The average Bonchev–Trinajstić information content (AvgIpc) is 2.46.